The number of carbonyl (C=O) groups excluding carboxylic acids is 3. The fourth-order valence-electron chi connectivity index (χ4n) is 6.38. The number of imide groups is 1. The minimum absolute atomic E-state index is 0.0588. The first-order valence-electron chi connectivity index (χ1n) is 14.2. The van der Waals surface area contributed by atoms with Gasteiger partial charge in [-0.3, -0.25) is 29.6 Å². The normalized spacial score (nSPS) is 23.9. The highest BCUT2D eigenvalue weighted by molar-refractivity contribution is 6.05. The second-order valence-electron chi connectivity index (χ2n) is 11.5. The van der Waals surface area contributed by atoms with Crippen LogP contribution in [0.3, 0.4) is 0 Å². The number of nitrogens with one attached hydrogen (secondary N) is 2. The first-order valence-corrected chi connectivity index (χ1v) is 14.2. The molecule has 2 atom stereocenters. The number of hydrogen-bond donors (Lipinski definition) is 2. The van der Waals surface area contributed by atoms with Crippen molar-refractivity contribution in [2.75, 3.05) is 33.4 Å². The second-order valence-corrected chi connectivity index (χ2v) is 11.5. The zero-order valence-corrected chi connectivity index (χ0v) is 23.0. The van der Waals surface area contributed by atoms with Gasteiger partial charge in [-0.05, 0) is 67.4 Å². The van der Waals surface area contributed by atoms with Crippen LogP contribution in [0.4, 0.5) is 0 Å². The highest BCUT2D eigenvalue weighted by Gasteiger charge is 2.41. The lowest BCUT2D eigenvalue weighted by molar-refractivity contribution is -0.136. The Morgan fingerprint density at radius 2 is 1.98 bits per heavy atom. The predicted octanol–water partition coefficient (Wildman–Crippen LogP) is 2.09. The molecule has 212 valence electrons. The molecule has 0 saturated carbocycles. The highest BCUT2D eigenvalue weighted by atomic mass is 16.5. The number of fused-ring (bicyclic) bond motifs is 2. The summed E-state index contributed by atoms with van der Waals surface area (Å²) in [5, 5.41) is 6.84. The number of amides is 3. The molecule has 10 heteroatoms. The number of hydrogen-bond acceptors (Lipinski definition) is 8. The van der Waals surface area contributed by atoms with E-state index in [4.69, 9.17) is 14.5 Å². The quantitative estimate of drug-likeness (QED) is 0.427. The molecule has 0 aliphatic carbocycles. The van der Waals surface area contributed by atoms with E-state index in [-0.39, 0.29) is 29.9 Å². The molecule has 41 heavy (non-hydrogen) atoms. The smallest absolute Gasteiger partial charge is 0.255 e. The lowest BCUT2D eigenvalue weighted by Crippen LogP contribution is -2.56. The van der Waals surface area contributed by atoms with E-state index in [1.165, 1.54) is 5.56 Å². The van der Waals surface area contributed by atoms with Crippen LogP contribution in [0.2, 0.25) is 0 Å². The van der Waals surface area contributed by atoms with Crippen molar-refractivity contribution in [1.29, 1.82) is 0 Å². The molecular formula is C31H33N5O5. The molecule has 4 aliphatic heterocycles. The molecule has 3 aromatic rings. The maximum absolute atomic E-state index is 13.0. The van der Waals surface area contributed by atoms with E-state index in [0.717, 1.165) is 54.0 Å². The van der Waals surface area contributed by atoms with E-state index >= 15 is 0 Å². The van der Waals surface area contributed by atoms with Gasteiger partial charge in [0.1, 0.15) is 23.4 Å². The molecule has 3 saturated heterocycles. The molecule has 4 aliphatic rings. The van der Waals surface area contributed by atoms with Crippen LogP contribution >= 0.6 is 0 Å². The van der Waals surface area contributed by atoms with E-state index in [9.17, 15) is 14.4 Å². The van der Waals surface area contributed by atoms with Crippen molar-refractivity contribution in [3.8, 4) is 5.75 Å². The number of aromatic nitrogens is 1. The van der Waals surface area contributed by atoms with E-state index in [1.54, 1.807) is 11.0 Å². The summed E-state index contributed by atoms with van der Waals surface area (Å²) in [6.07, 6.45) is 1.58. The molecule has 1 aromatic heterocycles. The van der Waals surface area contributed by atoms with Crippen molar-refractivity contribution in [1.82, 2.24) is 25.4 Å². The predicted molar refractivity (Wildman–Crippen MR) is 150 cm³/mol. The molecule has 7 rings (SSSR count). The first kappa shape index (κ1) is 26.1. The average molecular weight is 556 g/mol. The van der Waals surface area contributed by atoms with Crippen LogP contribution in [0.5, 0.6) is 5.75 Å². The van der Waals surface area contributed by atoms with Gasteiger partial charge in [-0.2, -0.15) is 0 Å². The summed E-state index contributed by atoms with van der Waals surface area (Å²) >= 11 is 0. The maximum atomic E-state index is 13.0. The van der Waals surface area contributed by atoms with Gasteiger partial charge in [-0.1, -0.05) is 12.1 Å². The van der Waals surface area contributed by atoms with Gasteiger partial charge in [0.15, 0.2) is 0 Å². The van der Waals surface area contributed by atoms with Gasteiger partial charge in [0.2, 0.25) is 11.8 Å². The summed E-state index contributed by atoms with van der Waals surface area (Å²) < 4.78 is 11.8. The number of pyridine rings is 1. The van der Waals surface area contributed by atoms with Gasteiger partial charge in [-0.25, -0.2) is 0 Å². The Labute approximate surface area is 238 Å². The fraction of sp³-hybridized carbons (Fsp3) is 0.419. The van der Waals surface area contributed by atoms with E-state index in [2.05, 4.69) is 45.9 Å². The number of nitrogens with zero attached hydrogens (tertiary/aromatic N) is 3. The second kappa shape index (κ2) is 10.2. The maximum Gasteiger partial charge on any atom is 0.255 e. The van der Waals surface area contributed by atoms with Gasteiger partial charge in [-0.15, -0.1) is 0 Å². The van der Waals surface area contributed by atoms with Crippen molar-refractivity contribution < 1.29 is 23.9 Å². The SMILES string of the molecule is CNC1(c2ccc3cc(CN4CCC(Oc5ccc6c(c5)CN(C5CCC(=O)NC5=O)C6=O)C4)ccc3n2)COC1. The zero-order valence-electron chi connectivity index (χ0n) is 23.0. The lowest BCUT2D eigenvalue weighted by atomic mass is 9.92. The van der Waals surface area contributed by atoms with Gasteiger partial charge < -0.3 is 19.7 Å². The summed E-state index contributed by atoms with van der Waals surface area (Å²) in [7, 11) is 1.95. The van der Waals surface area contributed by atoms with Crippen LogP contribution in [-0.4, -0.2) is 78.0 Å². The third kappa shape index (κ3) is 4.75. The van der Waals surface area contributed by atoms with Crippen LogP contribution in [0, 0.1) is 0 Å². The molecular weight excluding hydrogens is 522 g/mol. The monoisotopic (exact) mass is 555 g/mol. The Kier molecular flexibility index (Phi) is 6.49. The Bertz CT molecular complexity index is 1550. The molecule has 10 nitrogen and oxygen atoms in total. The topological polar surface area (TPSA) is 113 Å². The van der Waals surface area contributed by atoms with Crippen LogP contribution in [-0.2, 0) is 33.0 Å². The van der Waals surface area contributed by atoms with Gasteiger partial charge in [0.05, 0.1) is 24.4 Å². The van der Waals surface area contributed by atoms with Crippen molar-refractivity contribution in [2.24, 2.45) is 0 Å². The standard InChI is InChI=1S/C31H33N5O5/c1-32-31(17-40-18-31)27-8-3-20-12-19(2-6-25(20)33-27)14-35-11-10-23(16-35)41-22-4-5-24-21(13-22)15-36(30(24)39)26-7-9-28(37)34-29(26)38/h2-6,8,12-13,23,26,32H,7,9-11,14-18H2,1H3,(H,34,37,38). The Balaban J connectivity index is 0.970. The summed E-state index contributed by atoms with van der Waals surface area (Å²) in [5.41, 5.74) is 4.51. The summed E-state index contributed by atoms with van der Waals surface area (Å²) in [6.45, 7) is 4.23. The number of benzene rings is 2. The molecule has 0 bridgehead atoms. The van der Waals surface area contributed by atoms with E-state index in [0.29, 0.717) is 31.7 Å². The Hall–Kier alpha value is -3.86. The summed E-state index contributed by atoms with van der Waals surface area (Å²) in [5.74, 6) is -0.125. The Morgan fingerprint density at radius 3 is 2.76 bits per heavy atom. The summed E-state index contributed by atoms with van der Waals surface area (Å²) in [6, 6.07) is 15.6. The van der Waals surface area contributed by atoms with Gasteiger partial charge in [0.25, 0.3) is 5.91 Å². The number of likely N-dealkylation sites (N-methyl/N-ethyl adjacent to an activating group) is 1. The summed E-state index contributed by atoms with van der Waals surface area (Å²) in [4.78, 5) is 45.7. The van der Waals surface area contributed by atoms with Gasteiger partial charge >= 0.3 is 0 Å². The number of ether oxygens (including phenoxy) is 2. The third-order valence-corrected chi connectivity index (χ3v) is 8.85. The first-order chi connectivity index (χ1) is 19.9. The van der Waals surface area contributed by atoms with E-state index < -0.39 is 11.9 Å². The van der Waals surface area contributed by atoms with Crippen LogP contribution in [0.15, 0.2) is 48.5 Å². The molecule has 2 aromatic carbocycles. The number of piperidine rings is 1. The molecule has 2 N–H and O–H groups in total. The van der Waals surface area contributed by atoms with Crippen LogP contribution in [0.25, 0.3) is 10.9 Å². The van der Waals surface area contributed by atoms with E-state index in [1.807, 2.05) is 19.2 Å². The fourth-order valence-corrected chi connectivity index (χ4v) is 6.38. The third-order valence-electron chi connectivity index (χ3n) is 8.85. The highest BCUT2D eigenvalue weighted by Crippen LogP contribution is 2.32. The molecule has 0 radical (unpaired) electrons. The average Bonchev–Trinajstić information content (AvgIpc) is 3.51. The minimum atomic E-state index is -0.615. The van der Waals surface area contributed by atoms with Crippen LogP contribution in [0.1, 0.15) is 46.4 Å². The van der Waals surface area contributed by atoms with Gasteiger partial charge in [0, 0.05) is 43.5 Å². The van der Waals surface area contributed by atoms with Crippen molar-refractivity contribution in [2.45, 2.75) is 50.0 Å². The molecule has 3 amide bonds. The number of likely N-dealkylation sites (tertiary alicyclic amines) is 1. The minimum Gasteiger partial charge on any atom is -0.489 e. The Morgan fingerprint density at radius 1 is 1.10 bits per heavy atom. The van der Waals surface area contributed by atoms with Crippen LogP contribution < -0.4 is 15.4 Å². The number of rotatable bonds is 7. The van der Waals surface area contributed by atoms with Crippen molar-refractivity contribution >= 4 is 28.6 Å². The zero-order chi connectivity index (χ0) is 28.1. The molecule has 3 fully saturated rings. The molecule has 0 spiro atoms. The lowest BCUT2D eigenvalue weighted by Gasteiger charge is -2.40. The van der Waals surface area contributed by atoms with Crippen molar-refractivity contribution in [3.05, 3.63) is 70.9 Å². The number of carbonyl (C=O) groups is 3. The molecule has 2 unspecified atom stereocenters. The molecule has 5 heterocycles. The van der Waals surface area contributed by atoms with Crippen molar-refractivity contribution in [3.63, 3.8) is 0 Å². The largest absolute Gasteiger partial charge is 0.489 e.